The maximum atomic E-state index is 11.2. The van der Waals surface area contributed by atoms with Gasteiger partial charge >= 0.3 is 0 Å². The summed E-state index contributed by atoms with van der Waals surface area (Å²) >= 11 is 11.5. The molecule has 0 saturated carbocycles. The molecule has 1 aromatic carbocycles. The number of nitrogens with zero attached hydrogens (tertiary/aromatic N) is 1. The van der Waals surface area contributed by atoms with Crippen LogP contribution in [0.25, 0.3) is 0 Å². The highest BCUT2D eigenvalue weighted by molar-refractivity contribution is 6.42. The molecule has 0 aliphatic carbocycles. The summed E-state index contributed by atoms with van der Waals surface area (Å²) in [6, 6.07) is 4.86. The largest absolute Gasteiger partial charge is 0.484 e. The van der Waals surface area contributed by atoms with Gasteiger partial charge in [0.2, 0.25) is 0 Å². The minimum Gasteiger partial charge on any atom is -0.484 e. The number of halogens is 2. The highest BCUT2D eigenvalue weighted by atomic mass is 35.5. The Morgan fingerprint density at radius 1 is 1.33 bits per heavy atom. The van der Waals surface area contributed by atoms with Crippen LogP contribution in [0.5, 0.6) is 5.75 Å². The van der Waals surface area contributed by atoms with E-state index in [0.29, 0.717) is 15.8 Å². The van der Waals surface area contributed by atoms with Crippen LogP contribution in [0.4, 0.5) is 0 Å². The second kappa shape index (κ2) is 5.24. The molecule has 82 valence electrons. The van der Waals surface area contributed by atoms with Crippen molar-refractivity contribution in [3.05, 3.63) is 28.2 Å². The van der Waals surface area contributed by atoms with Crippen molar-refractivity contribution in [2.24, 2.45) is 0 Å². The third-order valence-corrected chi connectivity index (χ3v) is 2.49. The molecule has 1 aromatic rings. The van der Waals surface area contributed by atoms with Gasteiger partial charge in [0, 0.05) is 20.2 Å². The molecule has 0 atom stereocenters. The average Bonchev–Trinajstić information content (AvgIpc) is 2.19. The first kappa shape index (κ1) is 12.1. The van der Waals surface area contributed by atoms with Crippen molar-refractivity contribution in [2.75, 3.05) is 20.7 Å². The number of likely N-dealkylation sites (N-methyl/N-ethyl adjacent to an activating group) is 1. The van der Waals surface area contributed by atoms with Gasteiger partial charge in [0.15, 0.2) is 6.61 Å². The first-order chi connectivity index (χ1) is 7.00. The summed E-state index contributed by atoms with van der Waals surface area (Å²) in [6.07, 6.45) is 0. The Morgan fingerprint density at radius 2 is 2.00 bits per heavy atom. The quantitative estimate of drug-likeness (QED) is 0.822. The molecule has 0 saturated heterocycles. The fourth-order valence-corrected chi connectivity index (χ4v) is 1.13. The smallest absolute Gasteiger partial charge is 0.259 e. The maximum absolute atomic E-state index is 11.2. The summed E-state index contributed by atoms with van der Waals surface area (Å²) in [4.78, 5) is 12.7. The lowest BCUT2D eigenvalue weighted by Crippen LogP contribution is -2.27. The number of ether oxygens (including phenoxy) is 1. The Bertz CT molecular complexity index is 366. The third-order valence-electron chi connectivity index (χ3n) is 1.75. The van der Waals surface area contributed by atoms with E-state index in [2.05, 4.69) is 0 Å². The summed E-state index contributed by atoms with van der Waals surface area (Å²) in [5.74, 6) is 0.417. The van der Waals surface area contributed by atoms with E-state index >= 15 is 0 Å². The van der Waals surface area contributed by atoms with Crippen LogP contribution in [-0.4, -0.2) is 31.5 Å². The zero-order valence-electron chi connectivity index (χ0n) is 8.46. The molecule has 3 nitrogen and oxygen atoms in total. The monoisotopic (exact) mass is 247 g/mol. The van der Waals surface area contributed by atoms with Crippen LogP contribution in [-0.2, 0) is 4.79 Å². The Morgan fingerprint density at radius 3 is 2.53 bits per heavy atom. The van der Waals surface area contributed by atoms with Crippen molar-refractivity contribution < 1.29 is 9.53 Å². The first-order valence-electron chi connectivity index (χ1n) is 4.28. The van der Waals surface area contributed by atoms with Crippen molar-refractivity contribution in [3.63, 3.8) is 0 Å². The minimum atomic E-state index is -0.110. The normalized spacial score (nSPS) is 9.87. The zero-order chi connectivity index (χ0) is 11.4. The number of hydrogen-bond acceptors (Lipinski definition) is 2. The van der Waals surface area contributed by atoms with E-state index in [0.717, 1.165) is 0 Å². The van der Waals surface area contributed by atoms with Gasteiger partial charge in [-0.1, -0.05) is 23.2 Å². The van der Waals surface area contributed by atoms with Crippen LogP contribution in [0, 0.1) is 0 Å². The molecule has 1 amide bonds. The number of carbonyl (C=O) groups is 1. The number of amides is 1. The Kier molecular flexibility index (Phi) is 4.24. The van der Waals surface area contributed by atoms with E-state index in [4.69, 9.17) is 27.9 Å². The summed E-state index contributed by atoms with van der Waals surface area (Å²) < 4.78 is 5.23. The molecule has 0 spiro atoms. The van der Waals surface area contributed by atoms with Gasteiger partial charge in [-0.25, -0.2) is 0 Å². The summed E-state index contributed by atoms with van der Waals surface area (Å²) in [7, 11) is 3.33. The molecule has 1 rings (SSSR count). The molecule has 0 aliphatic rings. The van der Waals surface area contributed by atoms with E-state index in [9.17, 15) is 4.79 Å². The van der Waals surface area contributed by atoms with Gasteiger partial charge in [0.25, 0.3) is 5.91 Å². The summed E-state index contributed by atoms with van der Waals surface area (Å²) in [6.45, 7) is -0.00897. The van der Waals surface area contributed by atoms with Gasteiger partial charge in [-0.3, -0.25) is 4.79 Å². The van der Waals surface area contributed by atoms with Crippen molar-refractivity contribution in [3.8, 4) is 5.75 Å². The Hall–Kier alpha value is -0.930. The molecule has 15 heavy (non-hydrogen) atoms. The van der Waals surface area contributed by atoms with Crippen molar-refractivity contribution in [1.29, 1.82) is 0 Å². The molecule has 0 fully saturated rings. The molecule has 0 bridgehead atoms. The molecule has 0 aliphatic heterocycles. The van der Waals surface area contributed by atoms with E-state index < -0.39 is 0 Å². The van der Waals surface area contributed by atoms with E-state index in [1.165, 1.54) is 4.90 Å². The van der Waals surface area contributed by atoms with Crippen LogP contribution < -0.4 is 4.74 Å². The second-order valence-corrected chi connectivity index (χ2v) is 3.97. The van der Waals surface area contributed by atoms with Crippen molar-refractivity contribution >= 4 is 29.1 Å². The first-order valence-corrected chi connectivity index (χ1v) is 5.04. The summed E-state index contributed by atoms with van der Waals surface area (Å²) in [5, 5.41) is 0.870. The molecule has 0 heterocycles. The van der Waals surface area contributed by atoms with Crippen LogP contribution >= 0.6 is 23.2 Å². The Balaban J connectivity index is 2.58. The third kappa shape index (κ3) is 3.61. The standard InChI is InChI=1S/C10H11Cl2NO2/c1-13(2)10(14)6-15-7-3-4-8(11)9(12)5-7/h3-5H,6H2,1-2H3. The molecule has 5 heteroatoms. The molecule has 0 radical (unpaired) electrons. The molecule has 0 unspecified atom stereocenters. The summed E-state index contributed by atoms with van der Waals surface area (Å²) in [5.41, 5.74) is 0. The second-order valence-electron chi connectivity index (χ2n) is 3.15. The average molecular weight is 248 g/mol. The number of hydrogen-bond donors (Lipinski definition) is 0. The van der Waals surface area contributed by atoms with Gasteiger partial charge in [0.05, 0.1) is 10.0 Å². The van der Waals surface area contributed by atoms with Crippen LogP contribution in [0.15, 0.2) is 18.2 Å². The lowest BCUT2D eigenvalue weighted by atomic mass is 10.3. The fourth-order valence-electron chi connectivity index (χ4n) is 0.841. The van der Waals surface area contributed by atoms with Crippen LogP contribution in [0.1, 0.15) is 0 Å². The SMILES string of the molecule is CN(C)C(=O)COc1ccc(Cl)c(Cl)c1. The lowest BCUT2D eigenvalue weighted by molar-refractivity contribution is -0.130. The molecular formula is C10H11Cl2NO2. The van der Waals surface area contributed by atoms with Crippen LogP contribution in [0.2, 0.25) is 10.0 Å². The number of carbonyl (C=O) groups excluding carboxylic acids is 1. The van der Waals surface area contributed by atoms with Crippen molar-refractivity contribution in [1.82, 2.24) is 4.90 Å². The van der Waals surface area contributed by atoms with Gasteiger partial charge < -0.3 is 9.64 Å². The van der Waals surface area contributed by atoms with Crippen LogP contribution in [0.3, 0.4) is 0 Å². The van der Waals surface area contributed by atoms with Gasteiger partial charge in [0.1, 0.15) is 5.75 Å². The maximum Gasteiger partial charge on any atom is 0.259 e. The predicted molar refractivity (Wildman–Crippen MR) is 60.7 cm³/mol. The highest BCUT2D eigenvalue weighted by Gasteiger charge is 2.05. The molecule has 0 N–H and O–H groups in total. The lowest BCUT2D eigenvalue weighted by Gasteiger charge is -2.11. The fraction of sp³-hybridized carbons (Fsp3) is 0.300. The zero-order valence-corrected chi connectivity index (χ0v) is 9.97. The van der Waals surface area contributed by atoms with E-state index in [1.807, 2.05) is 0 Å². The predicted octanol–water partition coefficient (Wildman–Crippen LogP) is 2.46. The number of benzene rings is 1. The topological polar surface area (TPSA) is 29.5 Å². The van der Waals surface area contributed by atoms with E-state index in [1.54, 1.807) is 32.3 Å². The van der Waals surface area contributed by atoms with Gasteiger partial charge in [-0.15, -0.1) is 0 Å². The Labute approximate surface area is 98.5 Å². The molecule has 0 aromatic heterocycles. The minimum absolute atomic E-state index is 0.00897. The van der Waals surface area contributed by atoms with Gasteiger partial charge in [-0.05, 0) is 12.1 Å². The van der Waals surface area contributed by atoms with Crippen molar-refractivity contribution in [2.45, 2.75) is 0 Å². The number of rotatable bonds is 3. The van der Waals surface area contributed by atoms with E-state index in [-0.39, 0.29) is 12.5 Å². The van der Waals surface area contributed by atoms with Gasteiger partial charge in [-0.2, -0.15) is 0 Å². The highest BCUT2D eigenvalue weighted by Crippen LogP contribution is 2.26. The molecular weight excluding hydrogens is 237 g/mol.